The molecule has 0 bridgehead atoms. The van der Waals surface area contributed by atoms with E-state index in [1.807, 2.05) is 6.07 Å². The lowest BCUT2D eigenvalue weighted by molar-refractivity contribution is -0.0191. The first kappa shape index (κ1) is 9.28. The van der Waals surface area contributed by atoms with Gasteiger partial charge in [-0.15, -0.1) is 0 Å². The van der Waals surface area contributed by atoms with Gasteiger partial charge in [-0.25, -0.2) is 0 Å². The molecule has 3 rings (SSSR count). The van der Waals surface area contributed by atoms with Crippen molar-refractivity contribution < 1.29 is 25.5 Å². The number of nitrogens with zero attached hydrogens (tertiary/aromatic N) is 1. The number of fused-ring (bicyclic) bond motifs is 3. The average molecular weight is 327 g/mol. The van der Waals surface area contributed by atoms with E-state index in [1.165, 1.54) is 14.2 Å². The first-order chi connectivity index (χ1) is 14.0. The van der Waals surface area contributed by atoms with Crippen LogP contribution in [0, 0.1) is 11.8 Å². The number of hydrogen-bond donors (Lipinski definition) is 1. The van der Waals surface area contributed by atoms with Crippen molar-refractivity contribution in [2.24, 2.45) is 11.8 Å². The van der Waals surface area contributed by atoms with Crippen molar-refractivity contribution in [2.75, 3.05) is 27.3 Å². The van der Waals surface area contributed by atoms with Crippen molar-refractivity contribution in [2.45, 2.75) is 45.1 Å². The van der Waals surface area contributed by atoms with E-state index in [2.05, 4.69) is 0 Å². The van der Waals surface area contributed by atoms with Gasteiger partial charge in [-0.1, -0.05) is 13.8 Å². The van der Waals surface area contributed by atoms with Crippen LogP contribution in [0.2, 0.25) is 0 Å². The molecule has 4 atom stereocenters. The van der Waals surface area contributed by atoms with Crippen molar-refractivity contribution in [3.63, 3.8) is 0 Å². The van der Waals surface area contributed by atoms with Crippen LogP contribution in [0.25, 0.3) is 0 Å². The molecule has 2 aliphatic rings. The summed E-state index contributed by atoms with van der Waals surface area (Å²) in [5.74, 6) is -4.22. The summed E-state index contributed by atoms with van der Waals surface area (Å²) in [5.41, 5.74) is 1.74. The monoisotopic (exact) mass is 327 g/mol. The first-order valence-electron chi connectivity index (χ1n) is 11.8. The molecular weight excluding hydrogens is 290 g/mol. The van der Waals surface area contributed by atoms with Gasteiger partial charge in [0.1, 0.15) is 0 Å². The second-order valence-corrected chi connectivity index (χ2v) is 6.02. The lowest BCUT2D eigenvalue weighted by atomic mass is 9.79. The van der Waals surface area contributed by atoms with E-state index in [4.69, 9.17) is 20.4 Å². The molecule has 1 aromatic carbocycles. The summed E-state index contributed by atoms with van der Waals surface area (Å²) in [6, 6.07) is 3.13. The third-order valence-corrected chi connectivity index (χ3v) is 4.55. The summed E-state index contributed by atoms with van der Waals surface area (Å²) in [5, 5.41) is 11.0. The van der Waals surface area contributed by atoms with Crippen LogP contribution in [-0.2, 0) is 6.42 Å². The molecule has 1 fully saturated rings. The van der Waals surface area contributed by atoms with Crippen LogP contribution in [0.3, 0.4) is 0 Å². The Labute approximate surface area is 150 Å². The van der Waals surface area contributed by atoms with Crippen molar-refractivity contribution in [3.8, 4) is 11.5 Å². The Morgan fingerprint density at radius 2 is 2.22 bits per heavy atom. The number of rotatable bonds is 4. The van der Waals surface area contributed by atoms with Gasteiger partial charge in [-0.05, 0) is 54.3 Å². The molecule has 0 spiro atoms. The van der Waals surface area contributed by atoms with Gasteiger partial charge in [-0.2, -0.15) is 0 Å². The van der Waals surface area contributed by atoms with Crippen LogP contribution < -0.4 is 9.47 Å². The van der Waals surface area contributed by atoms with Gasteiger partial charge < -0.3 is 14.6 Å². The number of piperidine rings is 1. The van der Waals surface area contributed by atoms with Gasteiger partial charge in [0.2, 0.25) is 0 Å². The molecule has 2 aliphatic heterocycles. The molecule has 0 saturated carbocycles. The van der Waals surface area contributed by atoms with Crippen molar-refractivity contribution in [3.05, 3.63) is 23.3 Å². The minimum atomic E-state index is -3.05. The topological polar surface area (TPSA) is 41.9 Å². The third kappa shape index (κ3) is 3.20. The number of hydrogen-bond acceptors (Lipinski definition) is 4. The molecule has 0 aliphatic carbocycles. The normalized spacial score (nSPS) is 42.7. The zero-order valence-corrected chi connectivity index (χ0v) is 13.8. The molecule has 1 unspecified atom stereocenters. The standard InChI is InChI=1S/C19H29NO3/c1-12(2)7-14-11-20-6-5-13-8-18(22-3)19(23-4)9-15(13)16(20)10-17(14)21/h8-9,12,14,16-17,21H,5-7,10-11H2,1-4H3/t14-,16-,17+/m0/s1/i1D3,7D2,12D,14D,17D/t12?,14-,16-,17+. The van der Waals surface area contributed by atoms with Crippen LogP contribution in [0.1, 0.15) is 54.7 Å². The molecule has 1 N–H and O–H groups in total. The number of benzene rings is 1. The first-order valence-corrected chi connectivity index (χ1v) is 7.75. The Balaban J connectivity index is 2.05. The van der Waals surface area contributed by atoms with Crippen molar-refractivity contribution in [1.29, 1.82) is 0 Å². The molecule has 23 heavy (non-hydrogen) atoms. The minimum Gasteiger partial charge on any atom is -0.493 e. The molecule has 0 amide bonds. The molecule has 4 heteroatoms. The predicted octanol–water partition coefficient (Wildman–Crippen LogP) is 3.03. The maximum Gasteiger partial charge on any atom is 0.161 e. The number of aliphatic hydroxyl groups is 1. The second kappa shape index (κ2) is 6.70. The number of methoxy groups -OCH3 is 2. The molecule has 2 heterocycles. The van der Waals surface area contributed by atoms with Gasteiger partial charge >= 0.3 is 0 Å². The van der Waals surface area contributed by atoms with Gasteiger partial charge in [0, 0.05) is 28.7 Å². The molecule has 128 valence electrons. The Morgan fingerprint density at radius 1 is 1.48 bits per heavy atom. The highest BCUT2D eigenvalue weighted by molar-refractivity contribution is 5.49. The lowest BCUT2D eigenvalue weighted by Gasteiger charge is -2.46. The fraction of sp³-hybridized carbons (Fsp3) is 0.684. The summed E-state index contributed by atoms with van der Waals surface area (Å²) in [6.07, 6.45) is -5.38. The van der Waals surface area contributed by atoms with Crippen molar-refractivity contribution >= 4 is 0 Å². The summed E-state index contributed by atoms with van der Waals surface area (Å²) < 4.78 is 76.2. The fourth-order valence-electron chi connectivity index (χ4n) is 3.45. The maximum atomic E-state index is 11.0. The number of ether oxygens (including phenoxy) is 2. The molecule has 0 aromatic heterocycles. The van der Waals surface area contributed by atoms with E-state index in [9.17, 15) is 5.11 Å². The van der Waals surface area contributed by atoms with Gasteiger partial charge in [0.25, 0.3) is 0 Å². The Kier molecular flexibility index (Phi) is 2.70. The maximum absolute atomic E-state index is 11.0. The summed E-state index contributed by atoms with van der Waals surface area (Å²) in [6.45, 7) is -2.09. The second-order valence-electron chi connectivity index (χ2n) is 6.02. The Bertz CT molecular complexity index is 857. The smallest absolute Gasteiger partial charge is 0.161 e. The Morgan fingerprint density at radius 3 is 2.91 bits per heavy atom. The van der Waals surface area contributed by atoms with E-state index in [0.29, 0.717) is 24.5 Å². The SMILES string of the molecule is [2H]C([2H])([2H])C([2H])(C)C([2H])([2H])[C@@]1([2H])CN2CCc3cc(OC)c(OC)cc3[C@@H]2C[C@@]1([2H])O. The minimum absolute atomic E-state index is 0.310. The summed E-state index contributed by atoms with van der Waals surface area (Å²) in [7, 11) is 3.03. The zero-order chi connectivity index (χ0) is 23.6. The Hall–Kier alpha value is -1.26. The fourth-order valence-corrected chi connectivity index (χ4v) is 3.45. The molecular formula is C19H29NO3. The predicted molar refractivity (Wildman–Crippen MR) is 91.1 cm³/mol. The lowest BCUT2D eigenvalue weighted by Crippen LogP contribution is -2.48. The van der Waals surface area contributed by atoms with Crippen molar-refractivity contribution in [1.82, 2.24) is 4.90 Å². The molecule has 1 saturated heterocycles. The van der Waals surface area contributed by atoms with Crippen LogP contribution >= 0.6 is 0 Å². The molecule has 1 aromatic rings. The molecule has 4 nitrogen and oxygen atoms in total. The zero-order valence-electron chi connectivity index (χ0n) is 21.8. The highest BCUT2D eigenvalue weighted by Gasteiger charge is 2.38. The van der Waals surface area contributed by atoms with Crippen LogP contribution in [0.5, 0.6) is 11.5 Å². The quantitative estimate of drug-likeness (QED) is 0.923. The average Bonchev–Trinajstić information content (AvgIpc) is 2.66. The highest BCUT2D eigenvalue weighted by Crippen LogP contribution is 2.43. The van der Waals surface area contributed by atoms with E-state index >= 15 is 0 Å². The highest BCUT2D eigenvalue weighted by atomic mass is 16.5. The van der Waals surface area contributed by atoms with Crippen LogP contribution in [0.4, 0.5) is 0 Å². The third-order valence-electron chi connectivity index (χ3n) is 4.55. The van der Waals surface area contributed by atoms with Crippen LogP contribution in [-0.4, -0.2) is 43.4 Å². The van der Waals surface area contributed by atoms with Gasteiger partial charge in [0.05, 0.1) is 21.7 Å². The largest absolute Gasteiger partial charge is 0.493 e. The van der Waals surface area contributed by atoms with E-state index in [0.717, 1.165) is 18.1 Å². The van der Waals surface area contributed by atoms with Gasteiger partial charge in [0.15, 0.2) is 11.5 Å². The van der Waals surface area contributed by atoms with E-state index in [-0.39, 0.29) is 13.0 Å². The van der Waals surface area contributed by atoms with Gasteiger partial charge in [-0.3, -0.25) is 4.90 Å². The molecule has 0 radical (unpaired) electrons. The van der Waals surface area contributed by atoms with E-state index < -0.39 is 37.1 Å². The van der Waals surface area contributed by atoms with Crippen LogP contribution in [0.15, 0.2) is 12.1 Å². The summed E-state index contributed by atoms with van der Waals surface area (Å²) in [4.78, 5) is 1.79. The van der Waals surface area contributed by atoms with E-state index in [1.54, 1.807) is 11.0 Å². The summed E-state index contributed by atoms with van der Waals surface area (Å²) >= 11 is 0.